The summed E-state index contributed by atoms with van der Waals surface area (Å²) >= 11 is 0. The molecule has 0 saturated heterocycles. The number of allylic oxidation sites excluding steroid dienone is 4. The van der Waals surface area contributed by atoms with Crippen molar-refractivity contribution in [1.82, 2.24) is 24.9 Å². The van der Waals surface area contributed by atoms with E-state index in [0.717, 1.165) is 60.8 Å². The summed E-state index contributed by atoms with van der Waals surface area (Å²) in [4.78, 5) is 24.2. The molecule has 0 bridgehead atoms. The van der Waals surface area contributed by atoms with Crippen LogP contribution in [-0.2, 0) is 6.42 Å². The van der Waals surface area contributed by atoms with Crippen molar-refractivity contribution >= 4 is 27.4 Å². The first-order chi connectivity index (χ1) is 24.7. The Hall–Kier alpha value is -6.59. The Kier molecular flexibility index (Phi) is 8.52. The van der Waals surface area contributed by atoms with E-state index in [0.29, 0.717) is 23.9 Å². The lowest BCUT2D eigenvalue weighted by Gasteiger charge is -2.10. The quantitative estimate of drug-likeness (QED) is 0.154. The highest BCUT2D eigenvalue weighted by atomic mass is 15.0. The van der Waals surface area contributed by atoms with Gasteiger partial charge in [0, 0.05) is 51.8 Å². The normalized spacial score (nSPS) is 11.8. The third kappa shape index (κ3) is 6.32. The molecule has 0 fully saturated rings. The lowest BCUT2D eigenvalue weighted by Crippen LogP contribution is -2.02. The van der Waals surface area contributed by atoms with E-state index in [2.05, 4.69) is 156 Å². The van der Waals surface area contributed by atoms with Gasteiger partial charge in [-0.1, -0.05) is 146 Å². The number of aromatic nitrogens is 5. The van der Waals surface area contributed by atoms with E-state index in [1.165, 1.54) is 5.56 Å². The van der Waals surface area contributed by atoms with Gasteiger partial charge in [0.05, 0.1) is 11.0 Å². The molecule has 0 unspecified atom stereocenters. The molecular formula is C45H33N5. The van der Waals surface area contributed by atoms with Crippen molar-refractivity contribution in [3.05, 3.63) is 182 Å². The van der Waals surface area contributed by atoms with E-state index in [1.807, 2.05) is 30.6 Å². The average molecular weight is 644 g/mol. The largest absolute Gasteiger partial charge is 0.256 e. The summed E-state index contributed by atoms with van der Waals surface area (Å²) in [6, 6.07) is 47.9. The van der Waals surface area contributed by atoms with Crippen LogP contribution in [0.3, 0.4) is 0 Å². The molecule has 3 aromatic heterocycles. The van der Waals surface area contributed by atoms with Gasteiger partial charge in [0.25, 0.3) is 0 Å². The number of fused-ring (bicyclic) bond motifs is 2. The highest BCUT2D eigenvalue weighted by molar-refractivity contribution is 5.94. The van der Waals surface area contributed by atoms with Gasteiger partial charge in [0.2, 0.25) is 0 Å². The molecule has 0 atom stereocenters. The molecule has 5 heteroatoms. The molecule has 0 aliphatic heterocycles. The molecular weight excluding hydrogens is 611 g/mol. The predicted molar refractivity (Wildman–Crippen MR) is 205 cm³/mol. The van der Waals surface area contributed by atoms with Crippen LogP contribution in [0.15, 0.2) is 170 Å². The third-order valence-electron chi connectivity index (χ3n) is 8.87. The lowest BCUT2D eigenvalue weighted by atomic mass is 10.0. The fourth-order valence-electron chi connectivity index (χ4n) is 6.32. The van der Waals surface area contributed by atoms with Crippen molar-refractivity contribution in [2.75, 3.05) is 0 Å². The monoisotopic (exact) mass is 643 g/mol. The van der Waals surface area contributed by atoms with Crippen LogP contribution in [-0.4, -0.2) is 24.9 Å². The van der Waals surface area contributed by atoms with Gasteiger partial charge in [-0.25, -0.2) is 15.0 Å². The zero-order valence-corrected chi connectivity index (χ0v) is 27.6. The zero-order valence-electron chi connectivity index (χ0n) is 27.6. The van der Waals surface area contributed by atoms with Gasteiger partial charge in [-0.05, 0) is 41.3 Å². The second kappa shape index (κ2) is 13.9. The molecule has 238 valence electrons. The number of hydrogen-bond donors (Lipinski definition) is 0. The van der Waals surface area contributed by atoms with Gasteiger partial charge in [-0.15, -0.1) is 0 Å². The lowest BCUT2D eigenvalue weighted by molar-refractivity contribution is 0.947. The van der Waals surface area contributed by atoms with E-state index in [-0.39, 0.29) is 0 Å². The number of rotatable bonds is 8. The first-order valence-electron chi connectivity index (χ1n) is 16.8. The van der Waals surface area contributed by atoms with Crippen molar-refractivity contribution in [3.63, 3.8) is 0 Å². The standard InChI is InChI=1S/C45H33N5/c1-2-31(39-18-6-14-35-16-9-29-46-42(35)39)13-8-20-41-48-44(37-25-21-33(22-26-37)32-11-4-3-5-12-32)50-45(49-41)38-27-23-34(24-28-38)40-19-7-15-36-17-10-30-47-43(36)40/h2-19,21-30H,20H2,1H3/b13-8-,31-2+. The minimum Gasteiger partial charge on any atom is -0.256 e. The molecule has 0 amide bonds. The average Bonchev–Trinajstić information content (AvgIpc) is 3.19. The summed E-state index contributed by atoms with van der Waals surface area (Å²) < 4.78 is 0. The van der Waals surface area contributed by atoms with Crippen molar-refractivity contribution in [2.24, 2.45) is 0 Å². The molecule has 50 heavy (non-hydrogen) atoms. The van der Waals surface area contributed by atoms with Crippen molar-refractivity contribution in [1.29, 1.82) is 0 Å². The smallest absolute Gasteiger partial charge is 0.163 e. The zero-order chi connectivity index (χ0) is 33.7. The molecule has 8 rings (SSSR count). The van der Waals surface area contributed by atoms with E-state index in [9.17, 15) is 0 Å². The topological polar surface area (TPSA) is 64.5 Å². The number of para-hydroxylation sites is 2. The second-order valence-corrected chi connectivity index (χ2v) is 12.0. The van der Waals surface area contributed by atoms with Crippen molar-refractivity contribution in [3.8, 4) is 45.0 Å². The van der Waals surface area contributed by atoms with Gasteiger partial charge in [0.1, 0.15) is 5.82 Å². The summed E-state index contributed by atoms with van der Waals surface area (Å²) in [7, 11) is 0. The second-order valence-electron chi connectivity index (χ2n) is 12.0. The first kappa shape index (κ1) is 30.7. The number of benzene rings is 5. The molecule has 0 saturated carbocycles. The maximum Gasteiger partial charge on any atom is 0.163 e. The molecule has 8 aromatic rings. The number of hydrogen-bond acceptors (Lipinski definition) is 5. The van der Waals surface area contributed by atoms with E-state index < -0.39 is 0 Å². The van der Waals surface area contributed by atoms with Gasteiger partial charge < -0.3 is 0 Å². The molecule has 0 aliphatic carbocycles. The van der Waals surface area contributed by atoms with Crippen LogP contribution in [0.5, 0.6) is 0 Å². The summed E-state index contributed by atoms with van der Waals surface area (Å²) in [5.74, 6) is 1.98. The van der Waals surface area contributed by atoms with Crippen LogP contribution in [0.25, 0.3) is 72.4 Å². The van der Waals surface area contributed by atoms with Crippen molar-refractivity contribution < 1.29 is 0 Å². The highest BCUT2D eigenvalue weighted by Crippen LogP contribution is 2.30. The third-order valence-corrected chi connectivity index (χ3v) is 8.87. The van der Waals surface area contributed by atoms with Crippen LogP contribution in [0.2, 0.25) is 0 Å². The summed E-state index contributed by atoms with van der Waals surface area (Å²) in [6.45, 7) is 2.05. The first-order valence-corrected chi connectivity index (χ1v) is 16.8. The fraction of sp³-hybridized carbons (Fsp3) is 0.0444. The minimum atomic E-state index is 0.542. The Balaban J connectivity index is 1.14. The maximum absolute atomic E-state index is 4.99. The van der Waals surface area contributed by atoms with Gasteiger partial charge in [-0.2, -0.15) is 0 Å². The Bertz CT molecular complexity index is 2490. The van der Waals surface area contributed by atoms with Gasteiger partial charge >= 0.3 is 0 Å². The van der Waals surface area contributed by atoms with Crippen LogP contribution in [0.1, 0.15) is 18.3 Å². The highest BCUT2D eigenvalue weighted by Gasteiger charge is 2.13. The summed E-state index contributed by atoms with van der Waals surface area (Å²) in [6.07, 6.45) is 10.6. The Morgan fingerprint density at radius 2 is 1.06 bits per heavy atom. The molecule has 5 nitrogen and oxygen atoms in total. The minimum absolute atomic E-state index is 0.542. The molecule has 0 aliphatic rings. The molecule has 0 radical (unpaired) electrons. The van der Waals surface area contributed by atoms with Crippen LogP contribution >= 0.6 is 0 Å². The summed E-state index contributed by atoms with van der Waals surface area (Å²) in [5.41, 5.74) is 10.5. The Morgan fingerprint density at radius 1 is 0.500 bits per heavy atom. The summed E-state index contributed by atoms with van der Waals surface area (Å²) in [5, 5.41) is 2.23. The SMILES string of the molecule is C/C=C(\C=C/Cc1nc(-c2ccc(-c3ccccc3)cc2)nc(-c2ccc(-c3cccc4cccnc34)cc2)n1)c1cccc2cccnc12. The molecule has 3 heterocycles. The number of pyridine rings is 2. The molecule has 5 aromatic carbocycles. The van der Waals surface area contributed by atoms with E-state index in [4.69, 9.17) is 15.0 Å². The van der Waals surface area contributed by atoms with Gasteiger partial charge in [-0.3, -0.25) is 9.97 Å². The molecule has 0 N–H and O–H groups in total. The van der Waals surface area contributed by atoms with Crippen molar-refractivity contribution in [2.45, 2.75) is 13.3 Å². The predicted octanol–water partition coefficient (Wildman–Crippen LogP) is 10.8. The Labute approximate surface area is 291 Å². The Morgan fingerprint density at radius 3 is 1.74 bits per heavy atom. The fourth-order valence-corrected chi connectivity index (χ4v) is 6.32. The van der Waals surface area contributed by atoms with Gasteiger partial charge in [0.15, 0.2) is 11.6 Å². The van der Waals surface area contributed by atoms with Crippen LogP contribution in [0, 0.1) is 0 Å². The van der Waals surface area contributed by atoms with E-state index >= 15 is 0 Å². The maximum atomic E-state index is 4.99. The molecule has 0 spiro atoms. The van der Waals surface area contributed by atoms with Crippen LogP contribution < -0.4 is 0 Å². The van der Waals surface area contributed by atoms with E-state index in [1.54, 1.807) is 0 Å². The number of nitrogens with zero attached hydrogens (tertiary/aromatic N) is 5. The van der Waals surface area contributed by atoms with Crippen LogP contribution in [0.4, 0.5) is 0 Å².